The molecule has 0 N–H and O–H groups in total. The molecular formula is C22H28N2O4. The van der Waals surface area contributed by atoms with Crippen molar-refractivity contribution < 1.29 is 19.1 Å². The zero-order chi connectivity index (χ0) is 20.0. The summed E-state index contributed by atoms with van der Waals surface area (Å²) in [4.78, 5) is 28.5. The van der Waals surface area contributed by atoms with E-state index in [4.69, 9.17) is 9.47 Å². The fourth-order valence-electron chi connectivity index (χ4n) is 4.06. The first-order valence-electron chi connectivity index (χ1n) is 9.77. The molecule has 0 aromatic heterocycles. The van der Waals surface area contributed by atoms with Gasteiger partial charge in [-0.15, -0.1) is 5.92 Å². The van der Waals surface area contributed by atoms with Crippen molar-refractivity contribution in [1.29, 1.82) is 0 Å². The SMILES string of the molecule is CC#CCOC(=O)N1CCC2(CCN(C(=O)Cc3cccc(OC)c3)CC2)C1. The van der Waals surface area contributed by atoms with Gasteiger partial charge in [0.05, 0.1) is 13.5 Å². The fraction of sp³-hybridized carbons (Fsp3) is 0.545. The predicted molar refractivity (Wildman–Crippen MR) is 106 cm³/mol. The van der Waals surface area contributed by atoms with Gasteiger partial charge in [-0.1, -0.05) is 18.1 Å². The lowest BCUT2D eigenvalue weighted by Crippen LogP contribution is -2.45. The second-order valence-electron chi connectivity index (χ2n) is 7.56. The van der Waals surface area contributed by atoms with E-state index in [2.05, 4.69) is 11.8 Å². The second kappa shape index (κ2) is 9.01. The molecule has 2 aliphatic rings. The molecular weight excluding hydrogens is 356 g/mol. The van der Waals surface area contributed by atoms with Gasteiger partial charge >= 0.3 is 6.09 Å². The Balaban J connectivity index is 1.49. The van der Waals surface area contributed by atoms with Crippen molar-refractivity contribution in [2.75, 3.05) is 39.9 Å². The van der Waals surface area contributed by atoms with Crippen LogP contribution in [0.5, 0.6) is 5.75 Å². The average Bonchev–Trinajstić information content (AvgIpc) is 3.12. The summed E-state index contributed by atoms with van der Waals surface area (Å²) in [6.07, 6.45) is 2.93. The molecule has 28 heavy (non-hydrogen) atoms. The van der Waals surface area contributed by atoms with Gasteiger partial charge in [0, 0.05) is 26.2 Å². The number of ether oxygens (including phenoxy) is 2. The summed E-state index contributed by atoms with van der Waals surface area (Å²) in [6.45, 7) is 4.78. The number of amides is 2. The maximum atomic E-state index is 12.7. The number of nitrogens with zero attached hydrogens (tertiary/aromatic N) is 2. The quantitative estimate of drug-likeness (QED) is 0.749. The molecule has 0 radical (unpaired) electrons. The van der Waals surface area contributed by atoms with E-state index >= 15 is 0 Å². The number of carbonyl (C=O) groups is 2. The summed E-state index contributed by atoms with van der Waals surface area (Å²) in [6, 6.07) is 7.65. The molecule has 0 saturated carbocycles. The van der Waals surface area contributed by atoms with Gasteiger partial charge in [-0.05, 0) is 49.3 Å². The zero-order valence-electron chi connectivity index (χ0n) is 16.7. The largest absolute Gasteiger partial charge is 0.497 e. The number of hydrogen-bond donors (Lipinski definition) is 0. The van der Waals surface area contributed by atoms with E-state index in [9.17, 15) is 9.59 Å². The van der Waals surface area contributed by atoms with Crippen LogP contribution in [0.25, 0.3) is 0 Å². The Kier molecular flexibility index (Phi) is 6.45. The molecule has 2 saturated heterocycles. The Labute approximate surface area is 166 Å². The molecule has 0 aliphatic carbocycles. The number of methoxy groups -OCH3 is 1. The molecule has 150 valence electrons. The maximum Gasteiger partial charge on any atom is 0.410 e. The molecule has 6 nitrogen and oxygen atoms in total. The minimum Gasteiger partial charge on any atom is -0.497 e. The van der Waals surface area contributed by atoms with E-state index in [-0.39, 0.29) is 24.0 Å². The molecule has 2 fully saturated rings. The van der Waals surface area contributed by atoms with Crippen LogP contribution in [-0.4, -0.2) is 61.7 Å². The van der Waals surface area contributed by atoms with Crippen molar-refractivity contribution >= 4 is 12.0 Å². The number of benzene rings is 1. The fourth-order valence-corrected chi connectivity index (χ4v) is 4.06. The van der Waals surface area contributed by atoms with E-state index < -0.39 is 0 Å². The van der Waals surface area contributed by atoms with E-state index in [0.717, 1.165) is 50.2 Å². The third-order valence-corrected chi connectivity index (χ3v) is 5.81. The van der Waals surface area contributed by atoms with E-state index in [1.807, 2.05) is 29.2 Å². The molecule has 3 rings (SSSR count). The lowest BCUT2D eigenvalue weighted by atomic mass is 9.77. The number of piperidine rings is 1. The van der Waals surface area contributed by atoms with Crippen LogP contribution in [0.4, 0.5) is 4.79 Å². The lowest BCUT2D eigenvalue weighted by Gasteiger charge is -2.39. The second-order valence-corrected chi connectivity index (χ2v) is 7.56. The minimum absolute atomic E-state index is 0.113. The molecule has 1 spiro atoms. The normalized spacial score (nSPS) is 17.8. The van der Waals surface area contributed by atoms with Crippen LogP contribution in [0.2, 0.25) is 0 Å². The molecule has 0 unspecified atom stereocenters. The Hall–Kier alpha value is -2.68. The lowest BCUT2D eigenvalue weighted by molar-refractivity contribution is -0.132. The highest BCUT2D eigenvalue weighted by molar-refractivity contribution is 5.79. The Morgan fingerprint density at radius 3 is 2.54 bits per heavy atom. The summed E-state index contributed by atoms with van der Waals surface area (Å²) in [7, 11) is 1.63. The van der Waals surface area contributed by atoms with Crippen LogP contribution in [-0.2, 0) is 16.0 Å². The summed E-state index contributed by atoms with van der Waals surface area (Å²) in [5.74, 6) is 6.38. The van der Waals surface area contributed by atoms with Crippen molar-refractivity contribution in [2.24, 2.45) is 5.41 Å². The minimum atomic E-state index is -0.281. The molecule has 6 heteroatoms. The highest BCUT2D eigenvalue weighted by atomic mass is 16.6. The zero-order valence-corrected chi connectivity index (χ0v) is 16.7. The van der Waals surface area contributed by atoms with Crippen LogP contribution in [0, 0.1) is 17.3 Å². The van der Waals surface area contributed by atoms with Crippen LogP contribution in [0.15, 0.2) is 24.3 Å². The van der Waals surface area contributed by atoms with Gasteiger partial charge in [-0.3, -0.25) is 4.79 Å². The molecule has 0 bridgehead atoms. The summed E-state index contributed by atoms with van der Waals surface area (Å²) in [5, 5.41) is 0. The van der Waals surface area contributed by atoms with Crippen molar-refractivity contribution in [3.05, 3.63) is 29.8 Å². The van der Waals surface area contributed by atoms with Gasteiger partial charge in [-0.2, -0.15) is 0 Å². The summed E-state index contributed by atoms with van der Waals surface area (Å²) >= 11 is 0. The van der Waals surface area contributed by atoms with E-state index in [1.54, 1.807) is 18.9 Å². The van der Waals surface area contributed by atoms with E-state index in [1.165, 1.54) is 0 Å². The predicted octanol–water partition coefficient (Wildman–Crippen LogP) is 2.71. The Morgan fingerprint density at radius 1 is 1.14 bits per heavy atom. The first-order valence-corrected chi connectivity index (χ1v) is 9.77. The first kappa shape index (κ1) is 20.1. The van der Waals surface area contributed by atoms with Gasteiger partial charge in [0.15, 0.2) is 6.61 Å². The molecule has 2 aliphatic heterocycles. The van der Waals surface area contributed by atoms with Crippen molar-refractivity contribution in [3.63, 3.8) is 0 Å². The third-order valence-electron chi connectivity index (χ3n) is 5.81. The van der Waals surface area contributed by atoms with Crippen LogP contribution in [0.1, 0.15) is 31.7 Å². The van der Waals surface area contributed by atoms with Crippen molar-refractivity contribution in [1.82, 2.24) is 9.80 Å². The molecule has 0 atom stereocenters. The molecule has 2 amide bonds. The van der Waals surface area contributed by atoms with Crippen LogP contribution < -0.4 is 4.74 Å². The Bertz CT molecular complexity index is 772. The summed E-state index contributed by atoms with van der Waals surface area (Å²) in [5.41, 5.74) is 1.08. The molecule has 2 heterocycles. The van der Waals surface area contributed by atoms with Gasteiger partial charge in [0.1, 0.15) is 5.75 Å². The highest BCUT2D eigenvalue weighted by Crippen LogP contribution is 2.40. The Morgan fingerprint density at radius 2 is 1.86 bits per heavy atom. The average molecular weight is 384 g/mol. The van der Waals surface area contributed by atoms with Gasteiger partial charge in [0.25, 0.3) is 0 Å². The maximum absolute atomic E-state index is 12.7. The third kappa shape index (κ3) is 4.78. The van der Waals surface area contributed by atoms with Gasteiger partial charge < -0.3 is 19.3 Å². The number of rotatable bonds is 4. The van der Waals surface area contributed by atoms with E-state index in [0.29, 0.717) is 13.0 Å². The number of carbonyl (C=O) groups excluding carboxylic acids is 2. The number of hydrogen-bond acceptors (Lipinski definition) is 4. The number of likely N-dealkylation sites (tertiary alicyclic amines) is 2. The van der Waals surface area contributed by atoms with Crippen molar-refractivity contribution in [3.8, 4) is 17.6 Å². The molecule has 1 aromatic carbocycles. The first-order chi connectivity index (χ1) is 13.5. The van der Waals surface area contributed by atoms with Crippen LogP contribution in [0.3, 0.4) is 0 Å². The smallest absolute Gasteiger partial charge is 0.410 e. The summed E-state index contributed by atoms with van der Waals surface area (Å²) < 4.78 is 10.4. The highest BCUT2D eigenvalue weighted by Gasteiger charge is 2.43. The van der Waals surface area contributed by atoms with Gasteiger partial charge in [0.2, 0.25) is 5.91 Å². The molecule has 1 aromatic rings. The van der Waals surface area contributed by atoms with Crippen LogP contribution >= 0.6 is 0 Å². The van der Waals surface area contributed by atoms with Crippen molar-refractivity contribution in [2.45, 2.75) is 32.6 Å². The van der Waals surface area contributed by atoms with Gasteiger partial charge in [-0.25, -0.2) is 4.79 Å². The monoisotopic (exact) mass is 384 g/mol. The topological polar surface area (TPSA) is 59.1 Å². The standard InChI is InChI=1S/C22H28N2O4/c1-3-4-14-28-21(26)24-13-10-22(17-24)8-11-23(12-9-22)20(25)16-18-6-5-7-19(15-18)27-2/h5-7,15H,8-14,16-17H2,1-2H3.